The third-order valence-corrected chi connectivity index (χ3v) is 7.24. The van der Waals surface area contributed by atoms with Crippen LogP contribution in [0.2, 0.25) is 5.02 Å². The summed E-state index contributed by atoms with van der Waals surface area (Å²) in [5.74, 6) is -2.07. The number of amides is 2. The average Bonchev–Trinajstić information content (AvgIpc) is 3.05. The molecule has 0 radical (unpaired) electrons. The number of rotatable bonds is 5. The van der Waals surface area contributed by atoms with Crippen LogP contribution in [0.25, 0.3) is 17.8 Å². The topological polar surface area (TPSA) is 203 Å². The number of fused-ring (bicyclic) bond motifs is 1. The molecule has 0 fully saturated rings. The number of nitrogens with two attached hydrogens (primary N) is 1. The molecule has 0 unspecified atom stereocenters. The van der Waals surface area contributed by atoms with Gasteiger partial charge in [0.2, 0.25) is 0 Å². The first-order valence-electron chi connectivity index (χ1n) is 9.67. The molecule has 5 N–H and O–H groups in total. The van der Waals surface area contributed by atoms with Crippen LogP contribution < -0.4 is 16.6 Å². The molecule has 0 saturated carbocycles. The molecule has 1 aliphatic rings. The molecule has 0 bridgehead atoms. The van der Waals surface area contributed by atoms with E-state index in [-0.39, 0.29) is 33.0 Å². The van der Waals surface area contributed by atoms with Crippen molar-refractivity contribution >= 4 is 61.6 Å². The van der Waals surface area contributed by atoms with Crippen molar-refractivity contribution in [1.82, 2.24) is 9.88 Å². The van der Waals surface area contributed by atoms with E-state index in [1.165, 1.54) is 24.3 Å². The number of aromatic nitrogens is 1. The first kappa shape index (κ1) is 25.3. The Hall–Kier alpha value is -3.82. The second-order valence-corrected chi connectivity index (χ2v) is 10.7. The van der Waals surface area contributed by atoms with Gasteiger partial charge in [0.15, 0.2) is 0 Å². The Kier molecular flexibility index (Phi) is 6.10. The molecule has 0 saturated heterocycles. The van der Waals surface area contributed by atoms with Crippen LogP contribution in [0.5, 0.6) is 0 Å². The molecule has 12 nitrogen and oxygen atoms in total. The summed E-state index contributed by atoms with van der Waals surface area (Å²) in [6, 6.07) is 7.80. The number of nitrogen functional groups attached to an aromatic ring is 1. The Morgan fingerprint density at radius 2 is 1.39 bits per heavy atom. The molecule has 1 aromatic heterocycles. The number of nitrogens with zero attached hydrogens (tertiary/aromatic N) is 1. The quantitative estimate of drug-likeness (QED) is 0.205. The Labute approximate surface area is 208 Å². The van der Waals surface area contributed by atoms with Crippen LogP contribution in [0.3, 0.4) is 0 Å². The average molecular weight is 552 g/mol. The third kappa shape index (κ3) is 4.55. The molecule has 36 heavy (non-hydrogen) atoms. The summed E-state index contributed by atoms with van der Waals surface area (Å²) >= 11 is 5.78. The molecule has 2 heterocycles. The van der Waals surface area contributed by atoms with E-state index in [4.69, 9.17) is 17.3 Å². The number of pyridine rings is 1. The lowest BCUT2D eigenvalue weighted by Gasteiger charge is -2.14. The maximum Gasteiger partial charge on any atom is 0.295 e. The molecule has 15 heteroatoms. The minimum atomic E-state index is -4.90. The highest BCUT2D eigenvalue weighted by molar-refractivity contribution is 7.86. The van der Waals surface area contributed by atoms with E-state index in [0.717, 1.165) is 34.9 Å². The van der Waals surface area contributed by atoms with Gasteiger partial charge >= 0.3 is 0 Å². The van der Waals surface area contributed by atoms with Gasteiger partial charge in [-0.05, 0) is 35.4 Å². The summed E-state index contributed by atoms with van der Waals surface area (Å²) in [5, 5.41) is 2.02. The fourth-order valence-electron chi connectivity index (χ4n) is 3.62. The van der Waals surface area contributed by atoms with Crippen LogP contribution in [0.4, 0.5) is 5.82 Å². The van der Waals surface area contributed by atoms with Gasteiger partial charge in [-0.1, -0.05) is 35.9 Å². The lowest BCUT2D eigenvalue weighted by molar-refractivity contribution is 0.0879. The van der Waals surface area contributed by atoms with Crippen LogP contribution in [-0.2, 0) is 20.2 Å². The molecule has 1 aliphatic heterocycles. The monoisotopic (exact) mass is 551 g/mol. The highest BCUT2D eigenvalue weighted by Gasteiger charge is 2.32. The molecular formula is C21H14ClN3O9S2. The van der Waals surface area contributed by atoms with Crippen LogP contribution in [0, 0.1) is 0 Å². The van der Waals surface area contributed by atoms with Crippen molar-refractivity contribution in [1.29, 1.82) is 0 Å². The molecule has 0 atom stereocenters. The maximum absolute atomic E-state index is 12.6. The van der Waals surface area contributed by atoms with E-state index >= 15 is 0 Å². The SMILES string of the molecule is Nc1c2c(cc(=O)n1-c1ccc(C=Cc3ccc(Cl)cc3S(=O)(=O)O)c(S(=O)(=O)O)c1)C(=O)NC2=O. The molecule has 2 amide bonds. The maximum atomic E-state index is 12.6. The number of carbonyl (C=O) groups excluding carboxylic acids is 2. The second kappa shape index (κ2) is 8.69. The second-order valence-electron chi connectivity index (χ2n) is 7.46. The fraction of sp³-hybridized carbons (Fsp3) is 0. The molecule has 0 spiro atoms. The number of hydrogen-bond acceptors (Lipinski definition) is 8. The number of anilines is 1. The summed E-state index contributed by atoms with van der Waals surface area (Å²) in [6.45, 7) is 0. The predicted molar refractivity (Wildman–Crippen MR) is 128 cm³/mol. The van der Waals surface area contributed by atoms with E-state index in [1.807, 2.05) is 5.32 Å². The van der Waals surface area contributed by atoms with E-state index in [9.17, 15) is 40.3 Å². The number of imide groups is 1. The molecule has 186 valence electrons. The molecule has 0 aliphatic carbocycles. The zero-order chi connectivity index (χ0) is 26.6. The van der Waals surface area contributed by atoms with Gasteiger partial charge in [0.1, 0.15) is 15.6 Å². The third-order valence-electron chi connectivity index (χ3n) is 5.18. The highest BCUT2D eigenvalue weighted by atomic mass is 35.5. The Morgan fingerprint density at radius 1 is 0.833 bits per heavy atom. The van der Waals surface area contributed by atoms with Crippen LogP contribution in [0.15, 0.2) is 57.1 Å². The van der Waals surface area contributed by atoms with Crippen molar-refractivity contribution in [3.05, 3.63) is 80.1 Å². The normalized spacial score (nSPS) is 13.8. The van der Waals surface area contributed by atoms with E-state index in [2.05, 4.69) is 0 Å². The van der Waals surface area contributed by atoms with Crippen molar-refractivity contribution < 1.29 is 35.5 Å². The van der Waals surface area contributed by atoms with Gasteiger partial charge < -0.3 is 5.73 Å². The molecular weight excluding hydrogens is 538 g/mol. The predicted octanol–water partition coefficient (Wildman–Crippen LogP) is 1.62. The zero-order valence-electron chi connectivity index (χ0n) is 17.7. The number of benzene rings is 2. The smallest absolute Gasteiger partial charge is 0.295 e. The van der Waals surface area contributed by atoms with Crippen molar-refractivity contribution in [3.63, 3.8) is 0 Å². The minimum Gasteiger partial charge on any atom is -0.384 e. The van der Waals surface area contributed by atoms with Gasteiger partial charge in [-0.25, -0.2) is 0 Å². The lowest BCUT2D eigenvalue weighted by Crippen LogP contribution is -2.24. The first-order chi connectivity index (χ1) is 16.7. The Balaban J connectivity index is 1.88. The van der Waals surface area contributed by atoms with E-state index in [0.29, 0.717) is 0 Å². The summed E-state index contributed by atoms with van der Waals surface area (Å²) < 4.78 is 67.6. The fourth-order valence-corrected chi connectivity index (χ4v) is 5.27. The zero-order valence-corrected chi connectivity index (χ0v) is 20.1. The van der Waals surface area contributed by atoms with E-state index in [1.54, 1.807) is 0 Å². The number of halogens is 1. The molecule has 3 aromatic rings. The van der Waals surface area contributed by atoms with Crippen LogP contribution in [0.1, 0.15) is 31.8 Å². The number of carbonyl (C=O) groups is 2. The molecule has 2 aromatic carbocycles. The summed E-state index contributed by atoms with van der Waals surface area (Å²) in [7, 11) is -9.58. The van der Waals surface area contributed by atoms with Gasteiger partial charge in [0.05, 0.1) is 16.8 Å². The summed E-state index contributed by atoms with van der Waals surface area (Å²) in [4.78, 5) is 35.3. The van der Waals surface area contributed by atoms with Gasteiger partial charge in [-0.2, -0.15) is 16.8 Å². The minimum absolute atomic E-state index is 0.0236. The standard InChI is InChI=1S/C21H14ClN3O9S2/c22-12-5-3-10(15(7-12)35(29,30)31)1-2-11-4-6-13(8-16(11)36(32,33)34)25-17(26)9-14-18(19(25)23)21(28)24-20(14)27/h1-9H,23H2,(H,24,27,28)(H,29,30,31)(H,32,33,34). The Morgan fingerprint density at radius 3 is 1.97 bits per heavy atom. The summed E-state index contributed by atoms with van der Waals surface area (Å²) in [5.41, 5.74) is 4.29. The van der Waals surface area contributed by atoms with Crippen LogP contribution in [-0.4, -0.2) is 42.3 Å². The van der Waals surface area contributed by atoms with Crippen molar-refractivity contribution in [2.75, 3.05) is 5.73 Å². The van der Waals surface area contributed by atoms with Gasteiger partial charge in [-0.15, -0.1) is 0 Å². The summed E-state index contributed by atoms with van der Waals surface area (Å²) in [6.07, 6.45) is 2.31. The van der Waals surface area contributed by atoms with Gasteiger partial charge in [0, 0.05) is 11.1 Å². The van der Waals surface area contributed by atoms with Gasteiger partial charge in [0.25, 0.3) is 37.6 Å². The largest absolute Gasteiger partial charge is 0.384 e. The first-order valence-corrected chi connectivity index (χ1v) is 12.9. The van der Waals surface area contributed by atoms with Gasteiger partial charge in [-0.3, -0.25) is 33.4 Å². The number of hydrogen-bond donors (Lipinski definition) is 4. The molecule has 4 rings (SSSR count). The van der Waals surface area contributed by atoms with E-state index < -0.39 is 53.2 Å². The van der Waals surface area contributed by atoms with Crippen molar-refractivity contribution in [2.24, 2.45) is 0 Å². The van der Waals surface area contributed by atoms with Crippen LogP contribution >= 0.6 is 11.6 Å². The lowest BCUT2D eigenvalue weighted by atomic mass is 10.1. The number of nitrogens with one attached hydrogen (secondary N) is 1. The van der Waals surface area contributed by atoms with Crippen molar-refractivity contribution in [2.45, 2.75) is 9.79 Å². The van der Waals surface area contributed by atoms with Crippen molar-refractivity contribution in [3.8, 4) is 5.69 Å². The Bertz CT molecular complexity index is 1790. The highest BCUT2D eigenvalue weighted by Crippen LogP contribution is 2.28.